The van der Waals surface area contributed by atoms with Crippen molar-refractivity contribution in [1.29, 1.82) is 0 Å². The summed E-state index contributed by atoms with van der Waals surface area (Å²) < 4.78 is 0. The molecule has 0 aromatic rings. The van der Waals surface area contributed by atoms with Crippen molar-refractivity contribution in [3.63, 3.8) is 0 Å². The summed E-state index contributed by atoms with van der Waals surface area (Å²) in [7, 11) is 0. The third kappa shape index (κ3) is 31.4. The minimum Gasteiger partial charge on any atom is -1.00 e. The monoisotopic (exact) mass is 478 g/mol. The largest absolute Gasteiger partial charge is 6.00 e. The van der Waals surface area contributed by atoms with Crippen molar-refractivity contribution in [2.45, 2.75) is 38.5 Å². The van der Waals surface area contributed by atoms with Gasteiger partial charge in [0.15, 0.2) is 0 Å². The molecule has 0 aromatic carbocycles. The van der Waals surface area contributed by atoms with Crippen LogP contribution >= 0.6 is 0 Å². The van der Waals surface area contributed by atoms with E-state index in [4.69, 9.17) is 0 Å². The smallest absolute Gasteiger partial charge is 1.00 e. The molecule has 1 fully saturated rings. The van der Waals surface area contributed by atoms with Gasteiger partial charge in [-0.25, -0.2) is 0 Å². The molecule has 0 saturated heterocycles. The number of rotatable bonds is 0. The van der Waals surface area contributed by atoms with Gasteiger partial charge < -0.3 is 74.4 Å². The summed E-state index contributed by atoms with van der Waals surface area (Å²) in [6.07, 6.45) is 9.00. The Hall–Kier alpha value is 2.43. The second-order valence-corrected chi connectivity index (χ2v) is 2.12. The summed E-state index contributed by atoms with van der Waals surface area (Å²) in [5, 5.41) is 0. The van der Waals surface area contributed by atoms with E-state index in [0.29, 0.717) is 0 Å². The first-order valence-corrected chi connectivity index (χ1v) is 3.00. The van der Waals surface area contributed by atoms with Crippen LogP contribution in [0.3, 0.4) is 0 Å². The molecule has 0 heterocycles. The van der Waals surface area contributed by atoms with E-state index in [-0.39, 0.29) is 95.5 Å². The van der Waals surface area contributed by atoms with Crippen LogP contribution in [0.25, 0.3) is 0 Å². The zero-order valence-electron chi connectivity index (χ0n) is 6.92. The average molecular weight is 481 g/mol. The molecule has 0 radical (unpaired) electrons. The molecule has 1 saturated carbocycles. The van der Waals surface area contributed by atoms with Gasteiger partial charge in [-0.3, -0.25) is 0 Å². The Kier molecular flexibility index (Phi) is 127. The Morgan fingerprint density at radius 1 is 0.308 bits per heavy atom. The minimum absolute atomic E-state index is 0. The molecule has 1 aliphatic rings. The van der Waals surface area contributed by atoms with E-state index in [1.54, 1.807) is 0 Å². The standard InChI is InChI=1S/C6H12.6ClH.W/c1-2-4-6-5-3-1;;;;;;;/h1-6H2;6*1H;/q;;;;;;;+6/p-6. The SMILES string of the molecule is C1CCCCC1.[Cl-].[Cl-].[Cl-].[Cl-].[Cl-].[Cl-].[W+6]. The van der Waals surface area contributed by atoms with Gasteiger partial charge >= 0.3 is 21.1 Å². The van der Waals surface area contributed by atoms with Gasteiger partial charge in [0.05, 0.1) is 0 Å². The summed E-state index contributed by atoms with van der Waals surface area (Å²) in [4.78, 5) is 0. The molecule has 1 rings (SSSR count). The zero-order valence-corrected chi connectivity index (χ0v) is 14.4. The number of hydrogen-bond acceptors (Lipinski definition) is 0. The van der Waals surface area contributed by atoms with Gasteiger partial charge in [-0.05, 0) is 0 Å². The van der Waals surface area contributed by atoms with Crippen LogP contribution in [0.15, 0.2) is 0 Å². The van der Waals surface area contributed by atoms with E-state index >= 15 is 0 Å². The van der Waals surface area contributed by atoms with Crippen molar-refractivity contribution in [3.05, 3.63) is 0 Å². The summed E-state index contributed by atoms with van der Waals surface area (Å²) >= 11 is 0. The fourth-order valence-electron chi connectivity index (χ4n) is 1.06. The predicted molar refractivity (Wildman–Crippen MR) is 27.7 cm³/mol. The quantitative estimate of drug-likeness (QED) is 0.323. The molecular weight excluding hydrogens is 469 g/mol. The Labute approximate surface area is 133 Å². The second-order valence-electron chi connectivity index (χ2n) is 2.12. The van der Waals surface area contributed by atoms with Gasteiger partial charge in [0, 0.05) is 0 Å². The molecular formula is C6H12Cl6W. The van der Waals surface area contributed by atoms with Crippen LogP contribution in [0.5, 0.6) is 0 Å². The fraction of sp³-hybridized carbons (Fsp3) is 1.00. The topological polar surface area (TPSA) is 0 Å². The van der Waals surface area contributed by atoms with E-state index in [2.05, 4.69) is 0 Å². The maximum Gasteiger partial charge on any atom is 6.00 e. The molecule has 0 unspecified atom stereocenters. The molecule has 13 heavy (non-hydrogen) atoms. The van der Waals surface area contributed by atoms with Crippen molar-refractivity contribution in [3.8, 4) is 0 Å². The Morgan fingerprint density at radius 2 is 0.385 bits per heavy atom. The van der Waals surface area contributed by atoms with Gasteiger partial charge in [-0.15, -0.1) is 0 Å². The van der Waals surface area contributed by atoms with E-state index in [0.717, 1.165) is 0 Å². The third-order valence-electron chi connectivity index (χ3n) is 1.50. The molecule has 0 atom stereocenters. The summed E-state index contributed by atoms with van der Waals surface area (Å²) in [5.74, 6) is 0. The molecule has 0 bridgehead atoms. The van der Waals surface area contributed by atoms with E-state index in [9.17, 15) is 0 Å². The Morgan fingerprint density at radius 3 is 0.462 bits per heavy atom. The van der Waals surface area contributed by atoms with Gasteiger partial charge in [0.1, 0.15) is 0 Å². The first-order valence-electron chi connectivity index (χ1n) is 3.00. The van der Waals surface area contributed by atoms with Crippen LogP contribution in [0.1, 0.15) is 38.5 Å². The van der Waals surface area contributed by atoms with Crippen LogP contribution in [-0.4, -0.2) is 0 Å². The molecule has 0 aromatic heterocycles. The summed E-state index contributed by atoms with van der Waals surface area (Å²) in [6, 6.07) is 0. The minimum atomic E-state index is 0. The molecule has 0 amide bonds. The van der Waals surface area contributed by atoms with Crippen molar-refractivity contribution in [2.24, 2.45) is 0 Å². The number of hydrogen-bond donors (Lipinski definition) is 0. The molecule has 0 aliphatic heterocycles. The van der Waals surface area contributed by atoms with Crippen LogP contribution in [0.4, 0.5) is 0 Å². The van der Waals surface area contributed by atoms with E-state index < -0.39 is 0 Å². The fourth-order valence-corrected chi connectivity index (χ4v) is 1.06. The summed E-state index contributed by atoms with van der Waals surface area (Å²) in [5.41, 5.74) is 0. The Bertz CT molecular complexity index is 32.6. The zero-order chi connectivity index (χ0) is 4.24. The van der Waals surface area contributed by atoms with Gasteiger partial charge in [0.2, 0.25) is 0 Å². The third-order valence-corrected chi connectivity index (χ3v) is 1.50. The van der Waals surface area contributed by atoms with Crippen LogP contribution in [0, 0.1) is 0 Å². The molecule has 0 N–H and O–H groups in total. The Balaban J connectivity index is -0.0000000103. The van der Waals surface area contributed by atoms with Crippen LogP contribution in [0.2, 0.25) is 0 Å². The second kappa shape index (κ2) is 36.6. The van der Waals surface area contributed by atoms with Crippen LogP contribution in [-0.2, 0) is 21.1 Å². The van der Waals surface area contributed by atoms with E-state index in [1.807, 2.05) is 0 Å². The first kappa shape index (κ1) is 45.2. The van der Waals surface area contributed by atoms with Gasteiger partial charge in [-0.1, -0.05) is 38.5 Å². The molecule has 0 nitrogen and oxygen atoms in total. The van der Waals surface area contributed by atoms with E-state index in [1.165, 1.54) is 38.5 Å². The van der Waals surface area contributed by atoms with Crippen LogP contribution < -0.4 is 74.4 Å². The maximum absolute atomic E-state index is 1.50. The summed E-state index contributed by atoms with van der Waals surface area (Å²) in [6.45, 7) is 0. The van der Waals surface area contributed by atoms with Crippen molar-refractivity contribution < 1.29 is 95.5 Å². The first-order chi connectivity index (χ1) is 3.00. The van der Waals surface area contributed by atoms with Gasteiger partial charge in [0.25, 0.3) is 0 Å². The molecule has 1 aliphatic carbocycles. The van der Waals surface area contributed by atoms with Crippen molar-refractivity contribution >= 4 is 0 Å². The van der Waals surface area contributed by atoms with Gasteiger partial charge in [-0.2, -0.15) is 0 Å². The average Bonchev–Trinajstić information content (AvgIpc) is 1.72. The maximum atomic E-state index is 1.50. The van der Waals surface area contributed by atoms with Crippen molar-refractivity contribution in [1.82, 2.24) is 0 Å². The van der Waals surface area contributed by atoms with Crippen molar-refractivity contribution in [2.75, 3.05) is 0 Å². The molecule has 0 spiro atoms. The molecule has 84 valence electrons. The normalized spacial score (nSPS) is 11.1. The molecule has 7 heteroatoms. The predicted octanol–water partition coefficient (Wildman–Crippen LogP) is -15.6. The number of halogens is 6.